The first-order valence-electron chi connectivity index (χ1n) is 7.73. The third-order valence-electron chi connectivity index (χ3n) is 3.89. The van der Waals surface area contributed by atoms with Crippen molar-refractivity contribution in [3.63, 3.8) is 0 Å². The van der Waals surface area contributed by atoms with E-state index in [2.05, 4.69) is 5.32 Å². The maximum absolute atomic E-state index is 12.0. The van der Waals surface area contributed by atoms with Crippen LogP contribution in [0.3, 0.4) is 0 Å². The Bertz CT molecular complexity index is 314. The fourth-order valence-corrected chi connectivity index (χ4v) is 2.67. The highest BCUT2D eigenvalue weighted by molar-refractivity contribution is 5.68. The minimum absolute atomic E-state index is 0.173. The monoisotopic (exact) mass is 284 g/mol. The van der Waals surface area contributed by atoms with Crippen molar-refractivity contribution in [2.45, 2.75) is 51.7 Å². The zero-order chi connectivity index (χ0) is 14.6. The van der Waals surface area contributed by atoms with Crippen molar-refractivity contribution in [3.8, 4) is 0 Å². The van der Waals surface area contributed by atoms with Gasteiger partial charge in [0.05, 0.1) is 6.61 Å². The lowest BCUT2D eigenvalue weighted by Crippen LogP contribution is -2.44. The van der Waals surface area contributed by atoms with Gasteiger partial charge < -0.3 is 19.7 Å². The summed E-state index contributed by atoms with van der Waals surface area (Å²) in [5, 5.41) is 3.57. The Labute approximate surface area is 122 Å². The van der Waals surface area contributed by atoms with Gasteiger partial charge in [-0.1, -0.05) is 0 Å². The number of likely N-dealkylation sites (tertiary alicyclic amines) is 1. The average molecular weight is 284 g/mol. The van der Waals surface area contributed by atoms with E-state index >= 15 is 0 Å². The Morgan fingerprint density at radius 1 is 1.30 bits per heavy atom. The number of amides is 1. The number of piperidine rings is 1. The van der Waals surface area contributed by atoms with E-state index in [4.69, 9.17) is 9.47 Å². The number of ether oxygens (including phenoxy) is 2. The molecule has 0 bridgehead atoms. The third kappa shape index (κ3) is 4.94. The highest BCUT2D eigenvalue weighted by atomic mass is 16.6. The van der Waals surface area contributed by atoms with E-state index in [9.17, 15) is 4.79 Å². The lowest BCUT2D eigenvalue weighted by molar-refractivity contribution is 0.0183. The smallest absolute Gasteiger partial charge is 0.410 e. The molecule has 0 aromatic heterocycles. The van der Waals surface area contributed by atoms with Gasteiger partial charge in [0.15, 0.2) is 0 Å². The molecule has 2 rings (SSSR count). The predicted octanol–water partition coefficient (Wildman–Crippen LogP) is 2.01. The van der Waals surface area contributed by atoms with E-state index in [1.807, 2.05) is 25.7 Å². The van der Waals surface area contributed by atoms with Crippen LogP contribution >= 0.6 is 0 Å². The summed E-state index contributed by atoms with van der Waals surface area (Å²) in [5.41, 5.74) is -0.405. The maximum Gasteiger partial charge on any atom is 0.410 e. The zero-order valence-corrected chi connectivity index (χ0v) is 13.0. The van der Waals surface area contributed by atoms with E-state index in [1.165, 1.54) is 0 Å². The fraction of sp³-hybridized carbons (Fsp3) is 0.933. The quantitative estimate of drug-likeness (QED) is 0.861. The molecule has 1 atom stereocenters. The van der Waals surface area contributed by atoms with Crippen LogP contribution in [-0.2, 0) is 9.47 Å². The van der Waals surface area contributed by atoms with Crippen molar-refractivity contribution < 1.29 is 14.3 Å². The molecule has 5 heteroatoms. The molecule has 20 heavy (non-hydrogen) atoms. The van der Waals surface area contributed by atoms with Crippen molar-refractivity contribution in [2.75, 3.05) is 32.8 Å². The molecule has 1 N–H and O–H groups in total. The van der Waals surface area contributed by atoms with Gasteiger partial charge in [0.1, 0.15) is 5.60 Å². The Kier molecular flexibility index (Phi) is 5.27. The van der Waals surface area contributed by atoms with Gasteiger partial charge in [0.2, 0.25) is 0 Å². The molecule has 0 radical (unpaired) electrons. The van der Waals surface area contributed by atoms with Gasteiger partial charge >= 0.3 is 6.09 Å². The molecule has 2 aliphatic heterocycles. The van der Waals surface area contributed by atoms with E-state index in [0.29, 0.717) is 12.0 Å². The first kappa shape index (κ1) is 15.6. The minimum Gasteiger partial charge on any atom is -0.444 e. The molecule has 116 valence electrons. The number of nitrogens with zero attached hydrogens (tertiary/aromatic N) is 1. The van der Waals surface area contributed by atoms with Gasteiger partial charge in [-0.2, -0.15) is 0 Å². The summed E-state index contributed by atoms with van der Waals surface area (Å²) < 4.78 is 10.8. The van der Waals surface area contributed by atoms with Crippen molar-refractivity contribution in [2.24, 2.45) is 5.92 Å². The number of hydrogen-bond acceptors (Lipinski definition) is 4. The van der Waals surface area contributed by atoms with Crippen LogP contribution in [0.5, 0.6) is 0 Å². The summed E-state index contributed by atoms with van der Waals surface area (Å²) in [5.74, 6) is 0.661. The summed E-state index contributed by atoms with van der Waals surface area (Å²) in [7, 11) is 0. The Balaban J connectivity index is 1.65. The fourth-order valence-electron chi connectivity index (χ4n) is 2.67. The lowest BCUT2D eigenvalue weighted by atomic mass is 9.96. The number of nitrogens with one attached hydrogen (secondary N) is 1. The number of hydrogen-bond donors (Lipinski definition) is 1. The molecule has 1 amide bonds. The molecule has 2 saturated heterocycles. The van der Waals surface area contributed by atoms with Crippen molar-refractivity contribution in [1.29, 1.82) is 0 Å². The Hall–Kier alpha value is -0.810. The van der Waals surface area contributed by atoms with E-state index in [1.54, 1.807) is 0 Å². The number of carbonyl (C=O) groups is 1. The van der Waals surface area contributed by atoms with Gasteiger partial charge in [-0.15, -0.1) is 0 Å². The van der Waals surface area contributed by atoms with E-state index in [-0.39, 0.29) is 6.09 Å². The minimum atomic E-state index is -0.405. The second kappa shape index (κ2) is 6.76. The van der Waals surface area contributed by atoms with Crippen LogP contribution in [0.4, 0.5) is 4.79 Å². The van der Waals surface area contributed by atoms with Crippen LogP contribution < -0.4 is 5.32 Å². The molecule has 0 saturated carbocycles. The van der Waals surface area contributed by atoms with E-state index < -0.39 is 5.60 Å². The molecule has 2 aliphatic rings. The van der Waals surface area contributed by atoms with Gasteiger partial charge in [-0.05, 0) is 52.5 Å². The van der Waals surface area contributed by atoms with Gasteiger partial charge in [0, 0.05) is 25.7 Å². The molecule has 5 nitrogen and oxygen atoms in total. The zero-order valence-electron chi connectivity index (χ0n) is 13.0. The van der Waals surface area contributed by atoms with Crippen molar-refractivity contribution in [1.82, 2.24) is 10.2 Å². The van der Waals surface area contributed by atoms with Crippen LogP contribution in [0.15, 0.2) is 0 Å². The summed E-state index contributed by atoms with van der Waals surface area (Å²) in [6.45, 7) is 10.1. The molecule has 0 aliphatic carbocycles. The Morgan fingerprint density at radius 2 is 2.00 bits per heavy atom. The van der Waals surface area contributed by atoms with Crippen LogP contribution in [-0.4, -0.2) is 55.5 Å². The van der Waals surface area contributed by atoms with Gasteiger partial charge in [0.25, 0.3) is 0 Å². The molecule has 0 spiro atoms. The standard InChI is InChI=1S/C15H28N2O3/c1-15(2,3)20-14(18)17-7-4-12(5-8-17)10-16-13-6-9-19-11-13/h12-13,16H,4-11H2,1-3H3. The van der Waals surface area contributed by atoms with Gasteiger partial charge in [-0.3, -0.25) is 0 Å². The highest BCUT2D eigenvalue weighted by Crippen LogP contribution is 2.19. The summed E-state index contributed by atoms with van der Waals surface area (Å²) >= 11 is 0. The summed E-state index contributed by atoms with van der Waals surface area (Å²) in [6, 6.07) is 0.527. The second-order valence-corrected chi connectivity index (χ2v) is 6.88. The van der Waals surface area contributed by atoms with E-state index in [0.717, 1.165) is 52.1 Å². The molecule has 1 unspecified atom stereocenters. The van der Waals surface area contributed by atoms with Crippen LogP contribution in [0.2, 0.25) is 0 Å². The maximum atomic E-state index is 12.0. The highest BCUT2D eigenvalue weighted by Gasteiger charge is 2.27. The molecule has 2 fully saturated rings. The van der Waals surface area contributed by atoms with Crippen molar-refractivity contribution in [3.05, 3.63) is 0 Å². The first-order chi connectivity index (χ1) is 9.44. The van der Waals surface area contributed by atoms with Crippen LogP contribution in [0.1, 0.15) is 40.0 Å². The van der Waals surface area contributed by atoms with Crippen LogP contribution in [0.25, 0.3) is 0 Å². The first-order valence-corrected chi connectivity index (χ1v) is 7.73. The van der Waals surface area contributed by atoms with Gasteiger partial charge in [-0.25, -0.2) is 4.79 Å². The third-order valence-corrected chi connectivity index (χ3v) is 3.89. The Morgan fingerprint density at radius 3 is 2.55 bits per heavy atom. The second-order valence-electron chi connectivity index (χ2n) is 6.88. The number of carbonyl (C=O) groups excluding carboxylic acids is 1. The predicted molar refractivity (Wildman–Crippen MR) is 77.8 cm³/mol. The average Bonchev–Trinajstić information content (AvgIpc) is 2.88. The summed E-state index contributed by atoms with van der Waals surface area (Å²) in [6.07, 6.45) is 3.06. The topological polar surface area (TPSA) is 50.8 Å². The van der Waals surface area contributed by atoms with Crippen molar-refractivity contribution >= 4 is 6.09 Å². The molecular formula is C15H28N2O3. The molecular weight excluding hydrogens is 256 g/mol. The largest absolute Gasteiger partial charge is 0.444 e. The van der Waals surface area contributed by atoms with Crippen LogP contribution in [0, 0.1) is 5.92 Å². The molecule has 2 heterocycles. The molecule has 0 aromatic rings. The normalized spacial score (nSPS) is 24.9. The summed E-state index contributed by atoms with van der Waals surface area (Å²) in [4.78, 5) is 13.8. The number of rotatable bonds is 3. The molecule has 0 aromatic carbocycles. The SMILES string of the molecule is CC(C)(C)OC(=O)N1CCC(CNC2CCOC2)CC1. The lowest BCUT2D eigenvalue weighted by Gasteiger charge is -2.33.